The Balaban J connectivity index is 1.52. The van der Waals surface area contributed by atoms with E-state index in [4.69, 9.17) is 25.8 Å². The summed E-state index contributed by atoms with van der Waals surface area (Å²) < 4.78 is 16.9. The molecule has 0 aromatic heterocycles. The van der Waals surface area contributed by atoms with Crippen molar-refractivity contribution in [3.8, 4) is 17.2 Å². The van der Waals surface area contributed by atoms with Crippen molar-refractivity contribution in [3.05, 3.63) is 57.3 Å². The first-order chi connectivity index (χ1) is 14.1. The van der Waals surface area contributed by atoms with E-state index in [9.17, 15) is 9.90 Å². The molecule has 0 unspecified atom stereocenters. The number of hydrogen-bond acceptors (Lipinski definition) is 5. The number of rotatable bonds is 3. The second-order valence-electron chi connectivity index (χ2n) is 7.59. The van der Waals surface area contributed by atoms with E-state index in [2.05, 4.69) is 0 Å². The third-order valence-electron chi connectivity index (χ3n) is 5.63. The predicted octanol–water partition coefficient (Wildman–Crippen LogP) is 2.07. The lowest BCUT2D eigenvalue weighted by atomic mass is 10.0. The average Bonchev–Trinajstić information content (AvgIpc) is 3.33. The Labute approximate surface area is 173 Å². The Hall–Kier alpha value is -2.54. The highest BCUT2D eigenvalue weighted by molar-refractivity contribution is 6.31. The van der Waals surface area contributed by atoms with Gasteiger partial charge in [-0.1, -0.05) is 23.4 Å². The van der Waals surface area contributed by atoms with Gasteiger partial charge in [-0.2, -0.15) is 0 Å². The molecular formula is C22H20ClNO5. The van der Waals surface area contributed by atoms with Gasteiger partial charge < -0.3 is 24.2 Å². The number of ketones is 1. The van der Waals surface area contributed by atoms with E-state index in [1.54, 1.807) is 24.3 Å². The van der Waals surface area contributed by atoms with Crippen LogP contribution in [0.3, 0.4) is 0 Å². The molecule has 0 spiro atoms. The molecule has 6 nitrogen and oxygen atoms in total. The van der Waals surface area contributed by atoms with E-state index in [0.29, 0.717) is 46.4 Å². The SMILES string of the molecule is O=C1C(=Cc2cc(Cl)cc3c2OCOC3)Oc2c1ccc([O-])c2C[NH+]1CCCC1. The first-order valence-electron chi connectivity index (χ1n) is 9.74. The maximum absolute atomic E-state index is 13.0. The number of Topliss-reactive ketones (excluding diaryl/α,β-unsaturated/α-hetero) is 1. The summed E-state index contributed by atoms with van der Waals surface area (Å²) in [7, 11) is 0. The van der Waals surface area contributed by atoms with Gasteiger partial charge in [0.1, 0.15) is 18.0 Å². The van der Waals surface area contributed by atoms with Crippen LogP contribution in [0.1, 0.15) is 39.9 Å². The quantitative estimate of drug-likeness (QED) is 0.780. The van der Waals surface area contributed by atoms with Crippen molar-refractivity contribution in [3.63, 3.8) is 0 Å². The van der Waals surface area contributed by atoms with Crippen LogP contribution in [0.2, 0.25) is 5.02 Å². The number of ether oxygens (including phenoxy) is 3. The van der Waals surface area contributed by atoms with Gasteiger partial charge in [-0.25, -0.2) is 0 Å². The van der Waals surface area contributed by atoms with Crippen molar-refractivity contribution in [2.24, 2.45) is 0 Å². The Morgan fingerprint density at radius 3 is 2.83 bits per heavy atom. The summed E-state index contributed by atoms with van der Waals surface area (Å²) in [4.78, 5) is 14.3. The van der Waals surface area contributed by atoms with Gasteiger partial charge in [-0.05, 0) is 24.3 Å². The van der Waals surface area contributed by atoms with E-state index >= 15 is 0 Å². The van der Waals surface area contributed by atoms with E-state index in [1.165, 1.54) is 11.0 Å². The maximum atomic E-state index is 13.0. The summed E-state index contributed by atoms with van der Waals surface area (Å²) in [6.45, 7) is 3.18. The summed E-state index contributed by atoms with van der Waals surface area (Å²) in [6, 6.07) is 6.54. The number of likely N-dealkylation sites (tertiary alicyclic amines) is 1. The number of nitrogens with one attached hydrogen (secondary N) is 1. The minimum Gasteiger partial charge on any atom is -0.872 e. The molecule has 3 aliphatic heterocycles. The molecule has 7 heteroatoms. The zero-order valence-corrected chi connectivity index (χ0v) is 16.5. The number of allylic oxidation sites excluding steroid dienone is 1. The largest absolute Gasteiger partial charge is 0.872 e. The molecule has 29 heavy (non-hydrogen) atoms. The standard InChI is InChI=1S/C22H20ClNO5/c23-15-7-13(21-14(8-15)11-27-12-28-21)9-19-20(26)16-3-4-18(25)17(22(16)29-19)10-24-5-1-2-6-24/h3-4,7-9,25H,1-2,5-6,10-12H2. The predicted molar refractivity (Wildman–Crippen MR) is 104 cm³/mol. The molecule has 0 amide bonds. The van der Waals surface area contributed by atoms with Crippen molar-refractivity contribution >= 4 is 23.5 Å². The third-order valence-corrected chi connectivity index (χ3v) is 5.84. The van der Waals surface area contributed by atoms with Gasteiger partial charge in [0, 0.05) is 34.6 Å². The van der Waals surface area contributed by atoms with Gasteiger partial charge in [0.15, 0.2) is 12.6 Å². The lowest BCUT2D eigenvalue weighted by Crippen LogP contribution is -3.08. The Kier molecular flexibility index (Phi) is 4.70. The number of benzene rings is 2. The first-order valence-corrected chi connectivity index (χ1v) is 10.1. The van der Waals surface area contributed by atoms with Crippen LogP contribution in [0.5, 0.6) is 17.2 Å². The molecule has 0 aliphatic carbocycles. The van der Waals surface area contributed by atoms with Crippen molar-refractivity contribution in [2.45, 2.75) is 26.0 Å². The minimum absolute atomic E-state index is 0.0854. The van der Waals surface area contributed by atoms with Crippen LogP contribution < -0.4 is 19.5 Å². The molecule has 150 valence electrons. The van der Waals surface area contributed by atoms with E-state index in [0.717, 1.165) is 31.5 Å². The molecule has 0 atom stereocenters. The molecule has 0 bridgehead atoms. The number of carbonyl (C=O) groups excluding carboxylic acids is 1. The minimum atomic E-state index is -0.238. The molecule has 5 rings (SSSR count). The van der Waals surface area contributed by atoms with Crippen LogP contribution in [0.4, 0.5) is 0 Å². The van der Waals surface area contributed by atoms with E-state index in [1.807, 2.05) is 0 Å². The van der Waals surface area contributed by atoms with Crippen LogP contribution in [0.25, 0.3) is 6.08 Å². The fourth-order valence-electron chi connectivity index (χ4n) is 4.22. The zero-order chi connectivity index (χ0) is 20.0. The smallest absolute Gasteiger partial charge is 0.231 e. The maximum Gasteiger partial charge on any atom is 0.231 e. The Morgan fingerprint density at radius 1 is 1.17 bits per heavy atom. The lowest BCUT2D eigenvalue weighted by Gasteiger charge is -2.20. The van der Waals surface area contributed by atoms with Crippen molar-refractivity contribution in [2.75, 3.05) is 19.9 Å². The van der Waals surface area contributed by atoms with Crippen molar-refractivity contribution < 1.29 is 29.0 Å². The summed E-state index contributed by atoms with van der Waals surface area (Å²) in [5, 5.41) is 13.0. The molecular weight excluding hydrogens is 394 g/mol. The van der Waals surface area contributed by atoms with Crippen molar-refractivity contribution in [1.82, 2.24) is 0 Å². The number of fused-ring (bicyclic) bond motifs is 2. The number of carbonyl (C=O) groups is 1. The molecule has 2 aromatic carbocycles. The van der Waals surface area contributed by atoms with Gasteiger partial charge in [0.25, 0.3) is 0 Å². The lowest BCUT2D eigenvalue weighted by molar-refractivity contribution is -0.901. The summed E-state index contributed by atoms with van der Waals surface area (Å²) in [5.74, 6) is 0.874. The summed E-state index contributed by atoms with van der Waals surface area (Å²) in [6.07, 6.45) is 3.95. The highest BCUT2D eigenvalue weighted by atomic mass is 35.5. The molecule has 3 aliphatic rings. The monoisotopic (exact) mass is 413 g/mol. The topological polar surface area (TPSA) is 72.3 Å². The Morgan fingerprint density at radius 2 is 2.00 bits per heavy atom. The normalized spacial score (nSPS) is 19.8. The molecule has 1 N–H and O–H groups in total. The zero-order valence-electron chi connectivity index (χ0n) is 15.8. The molecule has 1 saturated heterocycles. The van der Waals surface area contributed by atoms with Crippen LogP contribution in [0.15, 0.2) is 30.0 Å². The molecule has 0 saturated carbocycles. The molecule has 2 aromatic rings. The van der Waals surface area contributed by atoms with E-state index in [-0.39, 0.29) is 24.1 Å². The number of halogens is 1. The molecule has 3 heterocycles. The van der Waals surface area contributed by atoms with Gasteiger partial charge in [-0.15, -0.1) is 0 Å². The van der Waals surface area contributed by atoms with E-state index < -0.39 is 0 Å². The van der Waals surface area contributed by atoms with Gasteiger partial charge in [-0.3, -0.25) is 4.79 Å². The molecule has 1 fully saturated rings. The van der Waals surface area contributed by atoms with Crippen LogP contribution >= 0.6 is 11.6 Å². The second kappa shape index (κ2) is 7.37. The first kappa shape index (κ1) is 18.5. The van der Waals surface area contributed by atoms with Crippen molar-refractivity contribution in [1.29, 1.82) is 0 Å². The summed E-state index contributed by atoms with van der Waals surface area (Å²) >= 11 is 6.22. The number of hydrogen-bond donors (Lipinski definition) is 1. The molecule has 0 radical (unpaired) electrons. The third kappa shape index (κ3) is 3.37. The highest BCUT2D eigenvalue weighted by Gasteiger charge is 2.32. The average molecular weight is 414 g/mol. The number of quaternary nitrogens is 1. The Bertz CT molecular complexity index is 1030. The van der Waals surface area contributed by atoms with Crippen LogP contribution in [-0.2, 0) is 17.9 Å². The van der Waals surface area contributed by atoms with Gasteiger partial charge in [0.05, 0.1) is 25.3 Å². The fourth-order valence-corrected chi connectivity index (χ4v) is 4.46. The summed E-state index contributed by atoms with van der Waals surface area (Å²) in [5.41, 5.74) is 2.48. The van der Waals surface area contributed by atoms with Gasteiger partial charge >= 0.3 is 0 Å². The second-order valence-corrected chi connectivity index (χ2v) is 8.02. The van der Waals surface area contributed by atoms with Crippen LogP contribution in [0, 0.1) is 0 Å². The fraction of sp³-hybridized carbons (Fsp3) is 0.318. The van der Waals surface area contributed by atoms with Gasteiger partial charge in [0.2, 0.25) is 5.78 Å². The van der Waals surface area contributed by atoms with Crippen LogP contribution in [-0.4, -0.2) is 25.7 Å². The highest BCUT2D eigenvalue weighted by Crippen LogP contribution is 2.40.